The SMILES string of the molecule is C=CCc1cc(OC)c(OC)cc1C[C@@H]1c2cc(OC)c(OC)cc2CCN1C(=O)C(F)(F)F. The second kappa shape index (κ2) is 10.3. The van der Waals surface area contributed by atoms with Crippen LogP contribution in [0.1, 0.15) is 28.3 Å². The van der Waals surface area contributed by atoms with Gasteiger partial charge in [-0.3, -0.25) is 4.79 Å². The van der Waals surface area contributed by atoms with Crippen molar-refractivity contribution in [2.45, 2.75) is 31.5 Å². The van der Waals surface area contributed by atoms with Crippen molar-refractivity contribution in [3.05, 3.63) is 59.2 Å². The predicted octanol–water partition coefficient (Wildman–Crippen LogP) is 4.68. The fraction of sp³-hybridized carbons (Fsp3) is 0.400. The smallest absolute Gasteiger partial charge is 0.471 e. The molecule has 0 unspecified atom stereocenters. The maximum Gasteiger partial charge on any atom is 0.471 e. The van der Waals surface area contributed by atoms with Crippen LogP contribution in [-0.4, -0.2) is 52.0 Å². The summed E-state index contributed by atoms with van der Waals surface area (Å²) in [6.07, 6.45) is -2.43. The summed E-state index contributed by atoms with van der Waals surface area (Å²) in [6.45, 7) is 3.71. The minimum atomic E-state index is -4.99. The van der Waals surface area contributed by atoms with Gasteiger partial charge in [-0.25, -0.2) is 0 Å². The van der Waals surface area contributed by atoms with Gasteiger partial charge in [-0.15, -0.1) is 6.58 Å². The van der Waals surface area contributed by atoms with Crippen molar-refractivity contribution in [1.29, 1.82) is 0 Å². The zero-order chi connectivity index (χ0) is 25.0. The van der Waals surface area contributed by atoms with Gasteiger partial charge in [-0.05, 0) is 65.8 Å². The van der Waals surface area contributed by atoms with Crippen molar-refractivity contribution in [2.75, 3.05) is 35.0 Å². The quantitative estimate of drug-likeness (QED) is 0.515. The van der Waals surface area contributed by atoms with Gasteiger partial charge in [0, 0.05) is 6.54 Å². The van der Waals surface area contributed by atoms with Crippen LogP contribution in [0, 0.1) is 0 Å². The molecule has 0 radical (unpaired) electrons. The van der Waals surface area contributed by atoms with E-state index < -0.39 is 18.1 Å². The van der Waals surface area contributed by atoms with E-state index in [-0.39, 0.29) is 19.4 Å². The van der Waals surface area contributed by atoms with Gasteiger partial charge in [-0.2, -0.15) is 13.2 Å². The molecule has 2 aromatic carbocycles. The number of benzene rings is 2. The lowest BCUT2D eigenvalue weighted by molar-refractivity contribution is -0.188. The molecule has 1 amide bonds. The van der Waals surface area contributed by atoms with Crippen LogP contribution in [0.2, 0.25) is 0 Å². The molecule has 184 valence electrons. The largest absolute Gasteiger partial charge is 0.493 e. The number of allylic oxidation sites excluding steroid dienone is 1. The number of hydrogen-bond acceptors (Lipinski definition) is 5. The number of hydrogen-bond donors (Lipinski definition) is 0. The Labute approximate surface area is 196 Å². The Morgan fingerprint density at radius 1 is 0.971 bits per heavy atom. The number of amides is 1. The Hall–Kier alpha value is -3.36. The van der Waals surface area contributed by atoms with Gasteiger partial charge in [0.2, 0.25) is 0 Å². The number of rotatable bonds is 8. The Morgan fingerprint density at radius 2 is 1.50 bits per heavy atom. The summed E-state index contributed by atoms with van der Waals surface area (Å²) in [5, 5.41) is 0. The van der Waals surface area contributed by atoms with E-state index in [4.69, 9.17) is 18.9 Å². The third-order valence-corrected chi connectivity index (χ3v) is 5.99. The van der Waals surface area contributed by atoms with E-state index in [9.17, 15) is 18.0 Å². The van der Waals surface area contributed by atoms with Gasteiger partial charge in [-0.1, -0.05) is 6.08 Å². The van der Waals surface area contributed by atoms with E-state index in [1.54, 1.807) is 30.3 Å². The highest BCUT2D eigenvalue weighted by molar-refractivity contribution is 5.82. The number of alkyl halides is 3. The molecule has 0 bridgehead atoms. The van der Waals surface area contributed by atoms with Crippen molar-refractivity contribution in [1.82, 2.24) is 4.90 Å². The Bertz CT molecular complexity index is 1070. The fourth-order valence-corrected chi connectivity index (χ4v) is 4.36. The summed E-state index contributed by atoms with van der Waals surface area (Å²) < 4.78 is 62.1. The normalized spacial score (nSPS) is 15.4. The number of carbonyl (C=O) groups is 1. The van der Waals surface area contributed by atoms with E-state index in [2.05, 4.69) is 6.58 Å². The Balaban J connectivity index is 2.17. The molecule has 0 aliphatic carbocycles. The van der Waals surface area contributed by atoms with Gasteiger partial charge in [0.05, 0.1) is 34.5 Å². The topological polar surface area (TPSA) is 57.2 Å². The fourth-order valence-electron chi connectivity index (χ4n) is 4.36. The standard InChI is InChI=1S/C25H28F3NO5/c1-6-7-15-11-20(31-2)22(33-4)13-17(15)10-19-18-14-23(34-5)21(32-3)12-16(18)8-9-29(19)24(30)25(26,27)28/h6,11-14,19H,1,7-10H2,2-5H3/t19-/m1/s1. The lowest BCUT2D eigenvalue weighted by atomic mass is 9.86. The number of methoxy groups -OCH3 is 4. The molecule has 0 aromatic heterocycles. The zero-order valence-electron chi connectivity index (χ0n) is 19.6. The third kappa shape index (κ3) is 4.93. The van der Waals surface area contributed by atoms with Gasteiger partial charge in [0.25, 0.3) is 0 Å². The minimum Gasteiger partial charge on any atom is -0.493 e. The molecule has 0 spiro atoms. The number of fused-ring (bicyclic) bond motifs is 1. The molecule has 0 saturated heterocycles. The first kappa shape index (κ1) is 25.3. The summed E-state index contributed by atoms with van der Waals surface area (Å²) in [7, 11) is 5.95. The van der Waals surface area contributed by atoms with E-state index in [0.717, 1.165) is 21.6 Å². The first-order valence-corrected chi connectivity index (χ1v) is 10.7. The molecule has 1 aliphatic heterocycles. The summed E-state index contributed by atoms with van der Waals surface area (Å²) >= 11 is 0. The van der Waals surface area contributed by atoms with Gasteiger partial charge >= 0.3 is 12.1 Å². The molecule has 9 heteroatoms. The molecule has 1 atom stereocenters. The van der Waals surface area contributed by atoms with Crippen molar-refractivity contribution < 1.29 is 36.9 Å². The van der Waals surface area contributed by atoms with Gasteiger partial charge < -0.3 is 23.8 Å². The average molecular weight is 479 g/mol. The van der Waals surface area contributed by atoms with E-state index in [1.165, 1.54) is 28.4 Å². The van der Waals surface area contributed by atoms with Crippen LogP contribution >= 0.6 is 0 Å². The van der Waals surface area contributed by atoms with Crippen LogP contribution in [0.4, 0.5) is 13.2 Å². The van der Waals surface area contributed by atoms with Crippen molar-refractivity contribution in [2.24, 2.45) is 0 Å². The van der Waals surface area contributed by atoms with Crippen molar-refractivity contribution in [3.63, 3.8) is 0 Å². The highest BCUT2D eigenvalue weighted by atomic mass is 19.4. The van der Waals surface area contributed by atoms with Crippen LogP contribution in [0.15, 0.2) is 36.9 Å². The van der Waals surface area contributed by atoms with E-state index in [1.807, 2.05) is 0 Å². The molecule has 1 aliphatic rings. The van der Waals surface area contributed by atoms with Crippen LogP contribution in [0.25, 0.3) is 0 Å². The average Bonchev–Trinajstić information content (AvgIpc) is 2.82. The lowest BCUT2D eigenvalue weighted by Gasteiger charge is -2.38. The maximum absolute atomic E-state index is 13.5. The molecule has 0 fully saturated rings. The molecule has 3 rings (SSSR count). The summed E-state index contributed by atoms with van der Waals surface area (Å²) in [5.74, 6) is -0.0620. The molecule has 34 heavy (non-hydrogen) atoms. The first-order valence-electron chi connectivity index (χ1n) is 10.7. The minimum absolute atomic E-state index is 0.0738. The van der Waals surface area contributed by atoms with E-state index >= 15 is 0 Å². The second-order valence-corrected chi connectivity index (χ2v) is 7.84. The highest BCUT2D eigenvalue weighted by Gasteiger charge is 2.46. The third-order valence-electron chi connectivity index (χ3n) is 5.99. The first-order chi connectivity index (χ1) is 16.2. The van der Waals surface area contributed by atoms with Crippen LogP contribution in [0.3, 0.4) is 0 Å². The van der Waals surface area contributed by atoms with E-state index in [0.29, 0.717) is 35.0 Å². The number of carbonyl (C=O) groups excluding carboxylic acids is 1. The van der Waals surface area contributed by atoms with Crippen molar-refractivity contribution >= 4 is 5.91 Å². The highest BCUT2D eigenvalue weighted by Crippen LogP contribution is 2.42. The lowest BCUT2D eigenvalue weighted by Crippen LogP contribution is -2.47. The summed E-state index contributed by atoms with van der Waals surface area (Å²) in [5.41, 5.74) is 2.94. The zero-order valence-corrected chi connectivity index (χ0v) is 19.6. The Kier molecular flexibility index (Phi) is 7.64. The maximum atomic E-state index is 13.5. The molecular weight excluding hydrogens is 451 g/mol. The second-order valence-electron chi connectivity index (χ2n) is 7.84. The van der Waals surface area contributed by atoms with Crippen LogP contribution in [0.5, 0.6) is 23.0 Å². The molecule has 6 nitrogen and oxygen atoms in total. The monoisotopic (exact) mass is 479 g/mol. The Morgan fingerprint density at radius 3 is 2.03 bits per heavy atom. The molecule has 0 saturated carbocycles. The summed E-state index contributed by atoms with van der Waals surface area (Å²) in [6, 6.07) is 6.06. The molecule has 2 aromatic rings. The van der Waals surface area contributed by atoms with Crippen molar-refractivity contribution in [3.8, 4) is 23.0 Å². The molecular formula is C25H28F3NO5. The number of ether oxygens (including phenoxy) is 4. The molecule has 1 heterocycles. The van der Waals surface area contributed by atoms with Crippen LogP contribution in [-0.2, 0) is 24.1 Å². The summed E-state index contributed by atoms with van der Waals surface area (Å²) in [4.78, 5) is 13.3. The number of nitrogens with zero attached hydrogens (tertiary/aromatic N) is 1. The molecule has 0 N–H and O–H groups in total. The van der Waals surface area contributed by atoms with Gasteiger partial charge in [0.1, 0.15) is 0 Å². The predicted molar refractivity (Wildman–Crippen MR) is 121 cm³/mol. The van der Waals surface area contributed by atoms with Crippen LogP contribution < -0.4 is 18.9 Å². The van der Waals surface area contributed by atoms with Gasteiger partial charge in [0.15, 0.2) is 23.0 Å². The number of halogens is 3.